The van der Waals surface area contributed by atoms with E-state index in [1.165, 1.54) is 25.6 Å². The summed E-state index contributed by atoms with van der Waals surface area (Å²) in [6.45, 7) is 0.406. The van der Waals surface area contributed by atoms with E-state index in [1.807, 2.05) is 0 Å². The molecule has 0 saturated heterocycles. The van der Waals surface area contributed by atoms with Crippen molar-refractivity contribution < 1.29 is 13.2 Å². The summed E-state index contributed by atoms with van der Waals surface area (Å²) < 4.78 is 30.9. The lowest BCUT2D eigenvalue weighted by atomic mass is 10.3. The Morgan fingerprint density at radius 3 is 2.88 bits per heavy atom. The molecule has 1 aromatic rings. The molecule has 3 N–H and O–H groups in total. The van der Waals surface area contributed by atoms with Gasteiger partial charge in [0.15, 0.2) is 0 Å². The van der Waals surface area contributed by atoms with Crippen LogP contribution in [0.2, 0.25) is 0 Å². The van der Waals surface area contributed by atoms with Gasteiger partial charge in [-0.05, 0) is 12.1 Å². The predicted octanol–water partition coefficient (Wildman–Crippen LogP) is -0.666. The quantitative estimate of drug-likeness (QED) is 0.693. The molecule has 90 valence electrons. The van der Waals surface area contributed by atoms with Gasteiger partial charge in [-0.1, -0.05) is 0 Å². The van der Waals surface area contributed by atoms with E-state index in [0.29, 0.717) is 0 Å². The van der Waals surface area contributed by atoms with E-state index in [2.05, 4.69) is 9.71 Å². The van der Waals surface area contributed by atoms with Gasteiger partial charge in [0.25, 0.3) is 0 Å². The number of nitrogens with one attached hydrogen (secondary N) is 1. The van der Waals surface area contributed by atoms with Gasteiger partial charge < -0.3 is 10.5 Å². The summed E-state index contributed by atoms with van der Waals surface area (Å²) in [6, 6.07) is 2.59. The SMILES string of the molecule is COCC(CN)NS(=O)(=O)c1cccnc1. The Balaban J connectivity index is 2.79. The summed E-state index contributed by atoms with van der Waals surface area (Å²) in [5.74, 6) is 0. The van der Waals surface area contributed by atoms with Crippen molar-refractivity contribution in [2.75, 3.05) is 20.3 Å². The van der Waals surface area contributed by atoms with Gasteiger partial charge in [-0.15, -0.1) is 0 Å². The van der Waals surface area contributed by atoms with E-state index in [-0.39, 0.29) is 18.0 Å². The Hall–Kier alpha value is -1.02. The normalized spacial score (nSPS) is 13.6. The van der Waals surface area contributed by atoms with E-state index in [4.69, 9.17) is 10.5 Å². The first-order chi connectivity index (χ1) is 7.60. The molecule has 0 bridgehead atoms. The maximum absolute atomic E-state index is 11.8. The third kappa shape index (κ3) is 3.53. The second kappa shape index (κ2) is 5.90. The minimum absolute atomic E-state index is 0.115. The van der Waals surface area contributed by atoms with Gasteiger partial charge in [-0.2, -0.15) is 0 Å². The van der Waals surface area contributed by atoms with Crippen molar-refractivity contribution in [3.05, 3.63) is 24.5 Å². The number of hydrogen-bond acceptors (Lipinski definition) is 5. The Morgan fingerprint density at radius 2 is 2.38 bits per heavy atom. The van der Waals surface area contributed by atoms with Gasteiger partial charge in [0.1, 0.15) is 4.90 Å². The maximum Gasteiger partial charge on any atom is 0.242 e. The number of hydrogen-bond donors (Lipinski definition) is 2. The van der Waals surface area contributed by atoms with Crippen molar-refractivity contribution in [2.45, 2.75) is 10.9 Å². The van der Waals surface area contributed by atoms with Gasteiger partial charge >= 0.3 is 0 Å². The van der Waals surface area contributed by atoms with Crippen molar-refractivity contribution in [1.82, 2.24) is 9.71 Å². The monoisotopic (exact) mass is 245 g/mol. The van der Waals surface area contributed by atoms with Crippen LogP contribution in [0.15, 0.2) is 29.4 Å². The number of aromatic nitrogens is 1. The van der Waals surface area contributed by atoms with Crippen molar-refractivity contribution >= 4 is 10.0 Å². The van der Waals surface area contributed by atoms with Crippen LogP contribution in [-0.2, 0) is 14.8 Å². The number of nitrogens with two attached hydrogens (primary N) is 1. The van der Waals surface area contributed by atoms with E-state index in [1.54, 1.807) is 6.07 Å². The first kappa shape index (κ1) is 13.0. The lowest BCUT2D eigenvalue weighted by molar-refractivity contribution is 0.177. The van der Waals surface area contributed by atoms with Crippen LogP contribution in [0.1, 0.15) is 0 Å². The molecule has 6 nitrogen and oxygen atoms in total. The molecule has 1 unspecified atom stereocenters. The lowest BCUT2D eigenvalue weighted by Gasteiger charge is -2.15. The molecule has 1 heterocycles. The molecule has 0 saturated carbocycles. The third-order valence-electron chi connectivity index (χ3n) is 1.92. The number of rotatable bonds is 6. The zero-order valence-electron chi connectivity index (χ0n) is 8.96. The second-order valence-electron chi connectivity index (χ2n) is 3.20. The van der Waals surface area contributed by atoms with Crippen LogP contribution in [0.3, 0.4) is 0 Å². The fourth-order valence-electron chi connectivity index (χ4n) is 1.14. The first-order valence-corrected chi connectivity index (χ1v) is 6.20. The molecule has 0 aliphatic rings. The summed E-state index contributed by atoms with van der Waals surface area (Å²) in [6.07, 6.45) is 2.79. The van der Waals surface area contributed by atoms with Gasteiger partial charge in [-0.3, -0.25) is 4.98 Å². The minimum Gasteiger partial charge on any atom is -0.383 e. The zero-order valence-corrected chi connectivity index (χ0v) is 9.78. The standard InChI is InChI=1S/C9H15N3O3S/c1-15-7-8(5-10)12-16(13,14)9-3-2-4-11-6-9/h2-4,6,8,12H,5,7,10H2,1H3. The molecule has 1 atom stereocenters. The molecule has 0 radical (unpaired) electrons. The predicted molar refractivity (Wildman–Crippen MR) is 59.3 cm³/mol. The number of sulfonamides is 1. The first-order valence-electron chi connectivity index (χ1n) is 4.71. The fraction of sp³-hybridized carbons (Fsp3) is 0.444. The number of pyridine rings is 1. The number of nitrogens with zero attached hydrogens (tertiary/aromatic N) is 1. The van der Waals surface area contributed by atoms with Gasteiger partial charge in [0, 0.05) is 26.0 Å². The van der Waals surface area contributed by atoms with Crippen LogP contribution < -0.4 is 10.5 Å². The molecular formula is C9H15N3O3S. The average Bonchev–Trinajstić information content (AvgIpc) is 2.29. The molecule has 0 amide bonds. The van der Waals surface area contributed by atoms with E-state index in [0.717, 1.165) is 0 Å². The fourth-order valence-corrected chi connectivity index (χ4v) is 2.34. The third-order valence-corrected chi connectivity index (χ3v) is 3.42. The molecule has 0 spiro atoms. The topological polar surface area (TPSA) is 94.3 Å². The van der Waals surface area contributed by atoms with Crippen molar-refractivity contribution in [1.29, 1.82) is 0 Å². The van der Waals surface area contributed by atoms with Crippen LogP contribution >= 0.6 is 0 Å². The van der Waals surface area contributed by atoms with Crippen LogP contribution in [0.25, 0.3) is 0 Å². The zero-order chi connectivity index (χ0) is 12.0. The Morgan fingerprint density at radius 1 is 1.62 bits per heavy atom. The van der Waals surface area contributed by atoms with Gasteiger partial charge in [0.2, 0.25) is 10.0 Å². The van der Waals surface area contributed by atoms with Crippen molar-refractivity contribution in [3.8, 4) is 0 Å². The highest BCUT2D eigenvalue weighted by Gasteiger charge is 2.18. The Labute approximate surface area is 94.9 Å². The van der Waals surface area contributed by atoms with Crippen LogP contribution in [0, 0.1) is 0 Å². The van der Waals surface area contributed by atoms with Gasteiger partial charge in [0.05, 0.1) is 12.6 Å². The van der Waals surface area contributed by atoms with E-state index in [9.17, 15) is 8.42 Å². The second-order valence-corrected chi connectivity index (χ2v) is 4.91. The maximum atomic E-state index is 11.8. The Bertz CT molecular complexity index is 407. The smallest absolute Gasteiger partial charge is 0.242 e. The van der Waals surface area contributed by atoms with Crippen LogP contribution in [0.5, 0.6) is 0 Å². The number of methoxy groups -OCH3 is 1. The summed E-state index contributed by atoms with van der Waals surface area (Å²) in [5.41, 5.74) is 5.42. The highest BCUT2D eigenvalue weighted by atomic mass is 32.2. The molecular weight excluding hydrogens is 230 g/mol. The highest BCUT2D eigenvalue weighted by molar-refractivity contribution is 7.89. The summed E-state index contributed by atoms with van der Waals surface area (Å²) in [7, 11) is -2.08. The highest BCUT2D eigenvalue weighted by Crippen LogP contribution is 2.06. The van der Waals surface area contributed by atoms with E-state index >= 15 is 0 Å². The number of ether oxygens (including phenoxy) is 1. The van der Waals surface area contributed by atoms with E-state index < -0.39 is 16.1 Å². The minimum atomic E-state index is -3.57. The molecule has 0 aliphatic heterocycles. The summed E-state index contributed by atoms with van der Waals surface area (Å²) in [4.78, 5) is 3.86. The molecule has 1 rings (SSSR count). The summed E-state index contributed by atoms with van der Waals surface area (Å²) in [5, 5.41) is 0. The van der Waals surface area contributed by atoms with Gasteiger partial charge in [-0.25, -0.2) is 13.1 Å². The molecule has 7 heteroatoms. The molecule has 16 heavy (non-hydrogen) atoms. The lowest BCUT2D eigenvalue weighted by Crippen LogP contribution is -2.43. The van der Waals surface area contributed by atoms with Crippen LogP contribution in [-0.4, -0.2) is 39.7 Å². The molecule has 0 aromatic carbocycles. The van der Waals surface area contributed by atoms with Crippen molar-refractivity contribution in [2.24, 2.45) is 5.73 Å². The molecule has 0 aliphatic carbocycles. The molecule has 1 aromatic heterocycles. The molecule has 0 fully saturated rings. The largest absolute Gasteiger partial charge is 0.383 e. The van der Waals surface area contributed by atoms with Crippen molar-refractivity contribution in [3.63, 3.8) is 0 Å². The van der Waals surface area contributed by atoms with Crippen LogP contribution in [0.4, 0.5) is 0 Å². The average molecular weight is 245 g/mol. The Kier molecular flexibility index (Phi) is 4.81. The summed E-state index contributed by atoms with van der Waals surface area (Å²) >= 11 is 0.